The van der Waals surface area contributed by atoms with Crippen molar-refractivity contribution in [2.24, 2.45) is 0 Å². The highest BCUT2D eigenvalue weighted by molar-refractivity contribution is 6.32. The first-order valence-electron chi connectivity index (χ1n) is 4.69. The monoisotopic (exact) mass is 244 g/mol. The zero-order valence-electron chi connectivity index (χ0n) is 9.08. The van der Waals surface area contributed by atoms with Gasteiger partial charge >= 0.3 is 0 Å². The highest BCUT2D eigenvalue weighted by Crippen LogP contribution is 2.13. The van der Waals surface area contributed by atoms with Crippen molar-refractivity contribution in [3.8, 4) is 0 Å². The summed E-state index contributed by atoms with van der Waals surface area (Å²) in [6.45, 7) is 0.405. The first-order chi connectivity index (χ1) is 7.52. The Bertz CT molecular complexity index is 430. The van der Waals surface area contributed by atoms with Gasteiger partial charge in [0.2, 0.25) is 5.91 Å². The van der Waals surface area contributed by atoms with Crippen LogP contribution >= 0.6 is 11.6 Å². The average Bonchev–Trinajstić information content (AvgIpc) is 2.24. The molecular weight excluding hydrogens is 232 g/mol. The molecule has 2 N–H and O–H groups in total. The Morgan fingerprint density at radius 3 is 2.94 bits per heavy atom. The summed E-state index contributed by atoms with van der Waals surface area (Å²) in [6.07, 6.45) is 1.74. The summed E-state index contributed by atoms with van der Waals surface area (Å²) in [6, 6.07) is 0. The van der Waals surface area contributed by atoms with Crippen LogP contribution in [-0.2, 0) is 4.79 Å². The fourth-order valence-corrected chi connectivity index (χ4v) is 1.19. The number of aromatic amines is 1. The minimum atomic E-state index is -0.453. The molecule has 0 saturated carbocycles. The predicted octanol–water partition coefficient (Wildman–Crippen LogP) is 0.313. The van der Waals surface area contributed by atoms with Gasteiger partial charge < -0.3 is 10.2 Å². The summed E-state index contributed by atoms with van der Waals surface area (Å²) >= 11 is 5.73. The number of carbonyl (C=O) groups is 1. The second kappa shape index (κ2) is 5.50. The third-order valence-corrected chi connectivity index (χ3v) is 2.32. The number of halogens is 1. The van der Waals surface area contributed by atoms with Gasteiger partial charge in [0.15, 0.2) is 0 Å². The molecule has 1 rings (SSSR count). The smallest absolute Gasteiger partial charge is 0.285 e. The number of amides is 1. The van der Waals surface area contributed by atoms with Crippen LogP contribution < -0.4 is 10.9 Å². The van der Waals surface area contributed by atoms with Crippen molar-refractivity contribution in [1.29, 1.82) is 0 Å². The summed E-state index contributed by atoms with van der Waals surface area (Å²) in [5.74, 6) is 0.00132. The molecule has 0 aliphatic carbocycles. The lowest BCUT2D eigenvalue weighted by Crippen LogP contribution is -2.24. The Labute approximate surface area is 97.6 Å². The lowest BCUT2D eigenvalue weighted by molar-refractivity contribution is -0.128. The Morgan fingerprint density at radius 1 is 1.62 bits per heavy atom. The average molecular weight is 245 g/mol. The number of nitrogens with one attached hydrogen (secondary N) is 2. The number of H-pyrrole nitrogens is 1. The summed E-state index contributed by atoms with van der Waals surface area (Å²) in [5.41, 5.74) is -0.0254. The summed E-state index contributed by atoms with van der Waals surface area (Å²) in [5, 5.41) is 8.73. The Kier molecular flexibility index (Phi) is 4.30. The SMILES string of the molecule is CN(C)C(=O)CCNc1cn[nH]c(=O)c1Cl. The zero-order chi connectivity index (χ0) is 12.1. The fourth-order valence-electron chi connectivity index (χ4n) is 1.03. The van der Waals surface area contributed by atoms with Crippen LogP contribution in [-0.4, -0.2) is 41.6 Å². The van der Waals surface area contributed by atoms with Crippen LogP contribution in [0.5, 0.6) is 0 Å². The van der Waals surface area contributed by atoms with Gasteiger partial charge in [0, 0.05) is 27.1 Å². The quantitative estimate of drug-likeness (QED) is 0.799. The van der Waals surface area contributed by atoms with Crippen molar-refractivity contribution in [2.45, 2.75) is 6.42 Å². The van der Waals surface area contributed by atoms with Crippen molar-refractivity contribution >= 4 is 23.2 Å². The molecule has 0 unspecified atom stereocenters. The van der Waals surface area contributed by atoms with E-state index in [0.717, 1.165) is 0 Å². The van der Waals surface area contributed by atoms with Crippen LogP contribution in [0.25, 0.3) is 0 Å². The zero-order valence-corrected chi connectivity index (χ0v) is 9.84. The minimum absolute atomic E-state index is 0.00132. The second-order valence-electron chi connectivity index (χ2n) is 3.39. The van der Waals surface area contributed by atoms with Crippen molar-refractivity contribution in [1.82, 2.24) is 15.1 Å². The second-order valence-corrected chi connectivity index (χ2v) is 3.77. The first-order valence-corrected chi connectivity index (χ1v) is 5.07. The van der Waals surface area contributed by atoms with Gasteiger partial charge in [-0.2, -0.15) is 5.10 Å². The van der Waals surface area contributed by atoms with Gasteiger partial charge in [0.1, 0.15) is 5.02 Å². The van der Waals surface area contributed by atoms with Gasteiger partial charge in [-0.1, -0.05) is 11.6 Å². The van der Waals surface area contributed by atoms with Crippen LogP contribution in [0.1, 0.15) is 6.42 Å². The number of carbonyl (C=O) groups excluding carboxylic acids is 1. The fraction of sp³-hybridized carbons (Fsp3) is 0.444. The van der Waals surface area contributed by atoms with Gasteiger partial charge in [0.05, 0.1) is 11.9 Å². The van der Waals surface area contributed by atoms with Gasteiger partial charge in [-0.25, -0.2) is 5.10 Å². The largest absolute Gasteiger partial charge is 0.382 e. The molecule has 0 spiro atoms. The van der Waals surface area contributed by atoms with Crippen LogP contribution in [0.3, 0.4) is 0 Å². The minimum Gasteiger partial charge on any atom is -0.382 e. The predicted molar refractivity (Wildman–Crippen MR) is 61.7 cm³/mol. The molecule has 7 heteroatoms. The molecule has 0 saturated heterocycles. The van der Waals surface area contributed by atoms with Crippen LogP contribution in [0, 0.1) is 0 Å². The molecular formula is C9H13ClN4O2. The number of anilines is 1. The van der Waals surface area contributed by atoms with Crippen molar-refractivity contribution in [3.05, 3.63) is 21.6 Å². The van der Waals surface area contributed by atoms with Crippen LogP contribution in [0.15, 0.2) is 11.0 Å². The van der Waals surface area contributed by atoms with Crippen LogP contribution in [0.2, 0.25) is 5.02 Å². The standard InChI is InChI=1S/C9H13ClN4O2/c1-14(2)7(15)3-4-11-6-5-12-13-9(16)8(6)10/h5H,3-4H2,1-2H3,(H2,11,13,16). The van der Waals surface area contributed by atoms with Gasteiger partial charge in [-0.3, -0.25) is 9.59 Å². The van der Waals surface area contributed by atoms with E-state index in [1.54, 1.807) is 14.1 Å². The lowest BCUT2D eigenvalue weighted by Gasteiger charge is -2.11. The lowest BCUT2D eigenvalue weighted by atomic mass is 10.3. The molecule has 0 fully saturated rings. The molecule has 0 aliphatic heterocycles. The number of hydrogen-bond acceptors (Lipinski definition) is 4. The summed E-state index contributed by atoms with van der Waals surface area (Å²) in [4.78, 5) is 23.8. The number of rotatable bonds is 4. The Hall–Kier alpha value is -1.56. The van der Waals surface area contributed by atoms with E-state index in [2.05, 4.69) is 15.5 Å². The van der Waals surface area contributed by atoms with E-state index in [-0.39, 0.29) is 10.9 Å². The summed E-state index contributed by atoms with van der Waals surface area (Å²) < 4.78 is 0. The van der Waals surface area contributed by atoms with E-state index in [9.17, 15) is 9.59 Å². The molecule has 0 radical (unpaired) electrons. The third-order valence-electron chi connectivity index (χ3n) is 1.95. The molecule has 0 bridgehead atoms. The van der Waals surface area contributed by atoms with E-state index in [4.69, 9.17) is 11.6 Å². The van der Waals surface area contributed by atoms with Crippen molar-refractivity contribution < 1.29 is 4.79 Å². The Morgan fingerprint density at radius 2 is 2.31 bits per heavy atom. The van der Waals surface area contributed by atoms with E-state index in [1.807, 2.05) is 0 Å². The van der Waals surface area contributed by atoms with E-state index in [1.165, 1.54) is 11.1 Å². The molecule has 16 heavy (non-hydrogen) atoms. The van der Waals surface area contributed by atoms with E-state index >= 15 is 0 Å². The topological polar surface area (TPSA) is 78.1 Å². The molecule has 0 aliphatic rings. The Balaban J connectivity index is 2.53. The van der Waals surface area contributed by atoms with Gasteiger partial charge in [-0.15, -0.1) is 0 Å². The third kappa shape index (κ3) is 3.23. The maximum Gasteiger partial charge on any atom is 0.285 e. The molecule has 0 aromatic carbocycles. The maximum absolute atomic E-state index is 11.3. The normalized spacial score (nSPS) is 9.94. The molecule has 0 atom stereocenters. The number of nitrogens with zero attached hydrogens (tertiary/aromatic N) is 2. The van der Waals surface area contributed by atoms with Crippen LogP contribution in [0.4, 0.5) is 5.69 Å². The van der Waals surface area contributed by atoms with Gasteiger partial charge in [-0.05, 0) is 0 Å². The first kappa shape index (κ1) is 12.5. The summed E-state index contributed by atoms with van der Waals surface area (Å²) in [7, 11) is 3.37. The van der Waals surface area contributed by atoms with Crippen molar-refractivity contribution in [3.63, 3.8) is 0 Å². The maximum atomic E-state index is 11.3. The van der Waals surface area contributed by atoms with E-state index in [0.29, 0.717) is 18.7 Å². The van der Waals surface area contributed by atoms with Gasteiger partial charge in [0.25, 0.3) is 5.56 Å². The molecule has 1 aromatic rings. The highest BCUT2D eigenvalue weighted by Gasteiger charge is 2.06. The molecule has 1 amide bonds. The molecule has 6 nitrogen and oxygen atoms in total. The number of hydrogen-bond donors (Lipinski definition) is 2. The number of aromatic nitrogens is 2. The molecule has 88 valence electrons. The van der Waals surface area contributed by atoms with Crippen molar-refractivity contribution in [2.75, 3.05) is 26.0 Å². The molecule has 1 heterocycles. The van der Waals surface area contributed by atoms with E-state index < -0.39 is 5.56 Å². The highest BCUT2D eigenvalue weighted by atomic mass is 35.5. The molecule has 1 aromatic heterocycles.